The van der Waals surface area contributed by atoms with Crippen molar-refractivity contribution < 1.29 is 14.3 Å². The van der Waals surface area contributed by atoms with Gasteiger partial charge in [-0.05, 0) is 183 Å². The van der Waals surface area contributed by atoms with E-state index in [1.165, 1.54) is 103 Å². The van der Waals surface area contributed by atoms with Gasteiger partial charge in [0.1, 0.15) is 12.2 Å². The summed E-state index contributed by atoms with van der Waals surface area (Å²) in [6.45, 7) is 25.3. The summed E-state index contributed by atoms with van der Waals surface area (Å²) in [6, 6.07) is 0. The van der Waals surface area contributed by atoms with Gasteiger partial charge in [-0.25, -0.2) is 4.79 Å². The number of allylic oxidation sites excluding steroid dienone is 2. The zero-order valence-electron chi connectivity index (χ0n) is 39.5. The van der Waals surface area contributed by atoms with Gasteiger partial charge in [0.05, 0.1) is 0 Å². The SMILES string of the molecule is CC(C)CCC[C@@H](C)[C@H]1CC[C@H]2[C@@H]3CC=C4C[C@@H](OC(=O)O[C@H]5CC[C@@]6(C)C(=CC[C@H]7[C@@H]8CC[C@H]([C@H](C)CCCC(C)C)[C@@]8(C)CC[C@@H]76)C5)CC[C@]4(C)[C@H]3CC[C@]12C. The number of carbonyl (C=O) groups excluding carboxylic acids is 1. The van der Waals surface area contributed by atoms with Crippen LogP contribution in [0.2, 0.25) is 0 Å². The molecular formula is C55H90O3. The molecule has 0 amide bonds. The van der Waals surface area contributed by atoms with E-state index >= 15 is 0 Å². The van der Waals surface area contributed by atoms with Crippen LogP contribution in [0.25, 0.3) is 0 Å². The van der Waals surface area contributed by atoms with Crippen LogP contribution in [0, 0.1) is 92.7 Å². The number of hydrogen-bond acceptors (Lipinski definition) is 3. The number of fused-ring (bicyclic) bond motifs is 10. The lowest BCUT2D eigenvalue weighted by Gasteiger charge is -2.58. The first-order chi connectivity index (χ1) is 27.6. The lowest BCUT2D eigenvalue weighted by molar-refractivity contribution is -0.0717. The molecule has 8 aliphatic rings. The quantitative estimate of drug-likeness (QED) is 0.146. The van der Waals surface area contributed by atoms with Crippen molar-refractivity contribution in [2.45, 2.75) is 223 Å². The van der Waals surface area contributed by atoms with Crippen LogP contribution in [0.1, 0.15) is 210 Å². The molecule has 8 aliphatic carbocycles. The second kappa shape index (κ2) is 16.8. The van der Waals surface area contributed by atoms with Gasteiger partial charge >= 0.3 is 6.16 Å². The molecule has 0 heterocycles. The fourth-order valence-electron chi connectivity index (χ4n) is 17.8. The Labute approximate surface area is 357 Å². The average molecular weight is 799 g/mol. The Kier molecular flexibility index (Phi) is 12.6. The highest BCUT2D eigenvalue weighted by Crippen LogP contribution is 2.69. The first-order valence-electron chi connectivity index (χ1n) is 25.8. The van der Waals surface area contributed by atoms with Crippen LogP contribution in [0.5, 0.6) is 0 Å². The normalized spacial score (nSPS) is 45.4. The molecule has 0 aromatic rings. The summed E-state index contributed by atoms with van der Waals surface area (Å²) >= 11 is 0. The van der Waals surface area contributed by atoms with Crippen LogP contribution in [-0.2, 0) is 9.47 Å². The molecule has 58 heavy (non-hydrogen) atoms. The molecule has 6 saturated carbocycles. The van der Waals surface area contributed by atoms with Gasteiger partial charge in [-0.15, -0.1) is 0 Å². The van der Waals surface area contributed by atoms with E-state index in [4.69, 9.17) is 9.47 Å². The monoisotopic (exact) mass is 799 g/mol. The summed E-state index contributed by atoms with van der Waals surface area (Å²) in [7, 11) is 0. The lowest BCUT2D eigenvalue weighted by Crippen LogP contribution is -2.51. The molecule has 16 atom stereocenters. The van der Waals surface area contributed by atoms with Crippen molar-refractivity contribution >= 4 is 6.16 Å². The van der Waals surface area contributed by atoms with Crippen molar-refractivity contribution in [2.75, 3.05) is 0 Å². The number of ether oxygens (including phenoxy) is 2. The summed E-state index contributed by atoms with van der Waals surface area (Å²) < 4.78 is 12.5. The van der Waals surface area contributed by atoms with Gasteiger partial charge in [-0.1, -0.05) is 131 Å². The molecule has 8 rings (SSSR count). The van der Waals surface area contributed by atoms with Crippen LogP contribution < -0.4 is 0 Å². The zero-order valence-corrected chi connectivity index (χ0v) is 39.5. The van der Waals surface area contributed by atoms with Crippen molar-refractivity contribution in [3.05, 3.63) is 23.3 Å². The number of rotatable bonds is 12. The van der Waals surface area contributed by atoms with E-state index in [2.05, 4.69) is 81.4 Å². The molecule has 0 saturated heterocycles. The minimum atomic E-state index is -0.397. The standard InChI is InChI=1S/C55H90O3/c1-35(2)13-11-15-37(5)45-21-23-47-43-19-17-39-33-41(25-29-52(39,7)49(43)27-31-54(45,47)9)57-51(56)58-42-26-30-53(8)40(34-42)18-20-44-48-24-22-46(38(6)16-12-14-36(3)4)55(48,10)32-28-50(44)53/h17-18,35-38,41-50H,11-16,19-34H2,1-10H3/t37-,38-,41+,42+,43+,44+,45-,46-,47+,48+,49+,50+,52+,53+,54-,55-/m1/s1. The average Bonchev–Trinajstić information content (AvgIpc) is 3.71. The molecule has 0 spiro atoms. The molecule has 0 bridgehead atoms. The Balaban J connectivity index is 0.837. The van der Waals surface area contributed by atoms with Crippen LogP contribution in [-0.4, -0.2) is 18.4 Å². The van der Waals surface area contributed by atoms with Crippen molar-refractivity contribution in [1.29, 1.82) is 0 Å². The first-order valence-corrected chi connectivity index (χ1v) is 25.8. The molecule has 0 unspecified atom stereocenters. The molecule has 0 N–H and O–H groups in total. The molecule has 328 valence electrons. The second-order valence-corrected chi connectivity index (χ2v) is 24.8. The smallest absolute Gasteiger partial charge is 0.431 e. The highest BCUT2D eigenvalue weighted by Gasteiger charge is 2.61. The van der Waals surface area contributed by atoms with Gasteiger partial charge in [0.25, 0.3) is 0 Å². The molecule has 3 nitrogen and oxygen atoms in total. The van der Waals surface area contributed by atoms with E-state index in [-0.39, 0.29) is 23.0 Å². The fraction of sp³-hybridized carbons (Fsp3) is 0.909. The summed E-state index contributed by atoms with van der Waals surface area (Å²) in [6.07, 6.45) is 33.3. The van der Waals surface area contributed by atoms with Crippen LogP contribution in [0.3, 0.4) is 0 Å². The van der Waals surface area contributed by atoms with Crippen molar-refractivity contribution in [2.24, 2.45) is 92.7 Å². The number of hydrogen-bond donors (Lipinski definition) is 0. The van der Waals surface area contributed by atoms with E-state index in [1.54, 1.807) is 11.1 Å². The molecule has 6 fully saturated rings. The Bertz CT molecular complexity index is 1410. The summed E-state index contributed by atoms with van der Waals surface area (Å²) in [4.78, 5) is 13.5. The topological polar surface area (TPSA) is 35.5 Å². The Morgan fingerprint density at radius 3 is 1.36 bits per heavy atom. The number of carbonyl (C=O) groups is 1. The second-order valence-electron chi connectivity index (χ2n) is 24.8. The Morgan fingerprint density at radius 2 is 0.966 bits per heavy atom. The van der Waals surface area contributed by atoms with Gasteiger partial charge in [0.15, 0.2) is 0 Å². The van der Waals surface area contributed by atoms with Crippen LogP contribution >= 0.6 is 0 Å². The highest BCUT2D eigenvalue weighted by molar-refractivity contribution is 5.60. The summed E-state index contributed by atoms with van der Waals surface area (Å²) in [5.74, 6) is 10.2. The fourth-order valence-corrected chi connectivity index (χ4v) is 17.8. The Hall–Kier alpha value is -1.25. The molecule has 3 heteroatoms. The Morgan fingerprint density at radius 1 is 0.552 bits per heavy atom. The van der Waals surface area contributed by atoms with E-state index < -0.39 is 6.16 Å². The summed E-state index contributed by atoms with van der Waals surface area (Å²) in [5.41, 5.74) is 4.81. The summed E-state index contributed by atoms with van der Waals surface area (Å²) in [5, 5.41) is 0. The van der Waals surface area contributed by atoms with E-state index in [9.17, 15) is 4.79 Å². The first kappa shape index (κ1) is 43.4. The van der Waals surface area contributed by atoms with Gasteiger partial charge < -0.3 is 9.47 Å². The van der Waals surface area contributed by atoms with Gasteiger partial charge in [0.2, 0.25) is 0 Å². The van der Waals surface area contributed by atoms with E-state index in [0.29, 0.717) is 10.8 Å². The van der Waals surface area contributed by atoms with Crippen molar-refractivity contribution in [1.82, 2.24) is 0 Å². The largest absolute Gasteiger partial charge is 0.508 e. The van der Waals surface area contributed by atoms with E-state index in [1.807, 2.05) is 0 Å². The third-order valence-electron chi connectivity index (χ3n) is 21.0. The van der Waals surface area contributed by atoms with Gasteiger partial charge in [-0.2, -0.15) is 0 Å². The third-order valence-corrected chi connectivity index (χ3v) is 21.0. The van der Waals surface area contributed by atoms with Crippen molar-refractivity contribution in [3.63, 3.8) is 0 Å². The highest BCUT2D eigenvalue weighted by atomic mass is 16.7. The molecule has 0 aromatic carbocycles. The predicted octanol–water partition coefficient (Wildman–Crippen LogP) is 16.0. The lowest BCUT2D eigenvalue weighted by atomic mass is 9.47. The maximum atomic E-state index is 13.5. The maximum absolute atomic E-state index is 13.5. The van der Waals surface area contributed by atoms with Crippen molar-refractivity contribution in [3.8, 4) is 0 Å². The zero-order chi connectivity index (χ0) is 41.2. The van der Waals surface area contributed by atoms with Crippen LogP contribution in [0.15, 0.2) is 23.3 Å². The third kappa shape index (κ3) is 7.76. The van der Waals surface area contributed by atoms with E-state index in [0.717, 1.165) is 110 Å². The maximum Gasteiger partial charge on any atom is 0.508 e. The van der Waals surface area contributed by atoms with Crippen LogP contribution in [0.4, 0.5) is 4.79 Å². The molecule has 0 aliphatic heterocycles. The molecule has 0 radical (unpaired) electrons. The molecule has 0 aromatic heterocycles. The minimum absolute atomic E-state index is 0.0343. The minimum Gasteiger partial charge on any atom is -0.431 e. The molecular weight excluding hydrogens is 709 g/mol. The van der Waals surface area contributed by atoms with Gasteiger partial charge in [0, 0.05) is 12.8 Å². The van der Waals surface area contributed by atoms with Gasteiger partial charge in [-0.3, -0.25) is 0 Å². The predicted molar refractivity (Wildman–Crippen MR) is 241 cm³/mol.